The Hall–Kier alpha value is -1.39. The second-order valence-corrected chi connectivity index (χ2v) is 6.65. The van der Waals surface area contributed by atoms with Gasteiger partial charge in [0.05, 0.1) is 12.6 Å². The van der Waals surface area contributed by atoms with Gasteiger partial charge in [-0.25, -0.2) is 0 Å². The first-order valence-corrected chi connectivity index (χ1v) is 8.05. The highest BCUT2D eigenvalue weighted by Gasteiger charge is 2.15. The van der Waals surface area contributed by atoms with Gasteiger partial charge in [-0.3, -0.25) is 9.69 Å². The fourth-order valence-electron chi connectivity index (χ4n) is 2.24. The summed E-state index contributed by atoms with van der Waals surface area (Å²) < 4.78 is 0. The molecule has 0 radical (unpaired) electrons. The Labute approximate surface area is 134 Å². The van der Waals surface area contributed by atoms with Crippen molar-refractivity contribution in [3.8, 4) is 0 Å². The first kappa shape index (κ1) is 18.7. The van der Waals surface area contributed by atoms with Gasteiger partial charge in [-0.15, -0.1) is 0 Å². The van der Waals surface area contributed by atoms with Crippen molar-refractivity contribution in [3.63, 3.8) is 0 Å². The minimum atomic E-state index is -0.672. The van der Waals surface area contributed by atoms with Crippen LogP contribution in [0.2, 0.25) is 0 Å². The molecule has 22 heavy (non-hydrogen) atoms. The monoisotopic (exact) mass is 306 g/mol. The lowest BCUT2D eigenvalue weighted by atomic mass is 9.86. The van der Waals surface area contributed by atoms with E-state index in [1.165, 1.54) is 5.56 Å². The van der Waals surface area contributed by atoms with E-state index in [2.05, 4.69) is 26.1 Å². The molecule has 0 saturated carbocycles. The van der Waals surface area contributed by atoms with Crippen LogP contribution in [0.15, 0.2) is 24.3 Å². The van der Waals surface area contributed by atoms with Crippen LogP contribution in [-0.4, -0.2) is 42.1 Å². The molecule has 1 aromatic rings. The Kier molecular flexibility index (Phi) is 7.04. The number of aliphatic hydroxyl groups is 1. The van der Waals surface area contributed by atoms with Crippen molar-refractivity contribution in [3.05, 3.63) is 35.4 Å². The van der Waals surface area contributed by atoms with Crippen molar-refractivity contribution in [2.75, 3.05) is 26.2 Å². The van der Waals surface area contributed by atoms with Crippen molar-refractivity contribution >= 4 is 5.91 Å². The average molecular weight is 306 g/mol. The number of carbonyl (C=O) groups excluding carboxylic acids is 1. The van der Waals surface area contributed by atoms with Crippen LogP contribution in [0.4, 0.5) is 0 Å². The Balaban J connectivity index is 2.52. The molecule has 1 aromatic carbocycles. The standard InChI is InChI=1S/C18H30N2O2/c1-6-20(7-2)13-17(22)19-12-16(21)14-8-10-15(11-9-14)18(3,4)5/h8-11,16,21H,6-7,12-13H2,1-5H3,(H,19,22). The summed E-state index contributed by atoms with van der Waals surface area (Å²) in [6.45, 7) is 12.9. The van der Waals surface area contributed by atoms with Gasteiger partial charge >= 0.3 is 0 Å². The first-order valence-electron chi connectivity index (χ1n) is 8.05. The molecule has 1 amide bonds. The van der Waals surface area contributed by atoms with Crippen LogP contribution in [0.25, 0.3) is 0 Å². The van der Waals surface area contributed by atoms with E-state index < -0.39 is 6.10 Å². The summed E-state index contributed by atoms with van der Waals surface area (Å²) in [7, 11) is 0. The SMILES string of the molecule is CCN(CC)CC(=O)NCC(O)c1ccc(C(C)(C)C)cc1. The number of hydrogen-bond acceptors (Lipinski definition) is 3. The topological polar surface area (TPSA) is 52.6 Å². The van der Waals surface area contributed by atoms with Crippen LogP contribution in [-0.2, 0) is 10.2 Å². The fourth-order valence-corrected chi connectivity index (χ4v) is 2.24. The highest BCUT2D eigenvalue weighted by molar-refractivity contribution is 5.78. The zero-order valence-electron chi connectivity index (χ0n) is 14.5. The summed E-state index contributed by atoms with van der Waals surface area (Å²) in [6.07, 6.45) is -0.672. The lowest BCUT2D eigenvalue weighted by molar-refractivity contribution is -0.122. The summed E-state index contributed by atoms with van der Waals surface area (Å²) >= 11 is 0. The van der Waals surface area contributed by atoms with E-state index in [4.69, 9.17) is 0 Å². The van der Waals surface area contributed by atoms with Crippen LogP contribution in [0, 0.1) is 0 Å². The number of likely N-dealkylation sites (N-methyl/N-ethyl adjacent to an activating group) is 1. The summed E-state index contributed by atoms with van der Waals surface area (Å²) in [5.41, 5.74) is 2.16. The predicted octanol–water partition coefficient (Wildman–Crippen LogP) is 2.48. The number of hydrogen-bond donors (Lipinski definition) is 2. The molecule has 124 valence electrons. The van der Waals surface area contributed by atoms with Gasteiger partial charge in [-0.1, -0.05) is 58.9 Å². The molecule has 0 fully saturated rings. The molecule has 1 atom stereocenters. The number of nitrogens with zero attached hydrogens (tertiary/aromatic N) is 1. The summed E-state index contributed by atoms with van der Waals surface area (Å²) in [5.74, 6) is -0.0472. The first-order chi connectivity index (χ1) is 10.3. The zero-order chi connectivity index (χ0) is 16.8. The van der Waals surface area contributed by atoms with Crippen LogP contribution in [0.3, 0.4) is 0 Å². The molecule has 1 unspecified atom stereocenters. The molecule has 4 heteroatoms. The van der Waals surface area contributed by atoms with E-state index in [1.807, 2.05) is 43.0 Å². The third-order valence-corrected chi connectivity index (χ3v) is 3.92. The van der Waals surface area contributed by atoms with Gasteiger partial charge in [0.1, 0.15) is 0 Å². The molecule has 0 heterocycles. The van der Waals surface area contributed by atoms with E-state index in [1.54, 1.807) is 0 Å². The molecule has 0 aliphatic heterocycles. The van der Waals surface area contributed by atoms with Crippen LogP contribution < -0.4 is 5.32 Å². The summed E-state index contributed by atoms with van der Waals surface area (Å²) in [4.78, 5) is 13.9. The van der Waals surface area contributed by atoms with E-state index in [0.29, 0.717) is 6.54 Å². The number of aliphatic hydroxyl groups excluding tert-OH is 1. The van der Waals surface area contributed by atoms with E-state index in [0.717, 1.165) is 18.7 Å². The molecule has 0 aliphatic rings. The molecule has 0 aromatic heterocycles. The number of rotatable bonds is 7. The van der Waals surface area contributed by atoms with E-state index in [9.17, 15) is 9.90 Å². The van der Waals surface area contributed by atoms with Gasteiger partial charge in [0.15, 0.2) is 0 Å². The van der Waals surface area contributed by atoms with Crippen molar-refractivity contribution in [2.24, 2.45) is 0 Å². The fraction of sp³-hybridized carbons (Fsp3) is 0.611. The van der Waals surface area contributed by atoms with Crippen LogP contribution >= 0.6 is 0 Å². The number of carbonyl (C=O) groups is 1. The second-order valence-electron chi connectivity index (χ2n) is 6.65. The van der Waals surface area contributed by atoms with Gasteiger partial charge in [0.2, 0.25) is 5.91 Å². The third-order valence-electron chi connectivity index (χ3n) is 3.92. The minimum Gasteiger partial charge on any atom is -0.387 e. The van der Waals surface area contributed by atoms with Crippen LogP contribution in [0.5, 0.6) is 0 Å². The Bertz CT molecular complexity index is 459. The smallest absolute Gasteiger partial charge is 0.234 e. The Morgan fingerprint density at radius 3 is 2.18 bits per heavy atom. The van der Waals surface area contributed by atoms with Gasteiger partial charge in [0.25, 0.3) is 0 Å². The van der Waals surface area contributed by atoms with E-state index in [-0.39, 0.29) is 17.9 Å². The number of nitrogens with one attached hydrogen (secondary N) is 1. The maximum atomic E-state index is 11.8. The highest BCUT2D eigenvalue weighted by atomic mass is 16.3. The number of benzene rings is 1. The van der Waals surface area contributed by atoms with Crippen molar-refractivity contribution < 1.29 is 9.90 Å². The highest BCUT2D eigenvalue weighted by Crippen LogP contribution is 2.23. The molecular formula is C18H30N2O2. The van der Waals surface area contributed by atoms with Crippen LogP contribution in [0.1, 0.15) is 51.8 Å². The average Bonchev–Trinajstić information content (AvgIpc) is 2.49. The van der Waals surface area contributed by atoms with Crippen molar-refractivity contribution in [1.29, 1.82) is 0 Å². The quantitative estimate of drug-likeness (QED) is 0.814. The molecule has 0 bridgehead atoms. The lowest BCUT2D eigenvalue weighted by Gasteiger charge is -2.21. The van der Waals surface area contributed by atoms with Gasteiger partial charge < -0.3 is 10.4 Å². The molecular weight excluding hydrogens is 276 g/mol. The molecule has 0 saturated heterocycles. The largest absolute Gasteiger partial charge is 0.387 e. The van der Waals surface area contributed by atoms with Gasteiger partial charge in [0, 0.05) is 6.54 Å². The van der Waals surface area contributed by atoms with Crippen molar-refractivity contribution in [1.82, 2.24) is 10.2 Å². The Morgan fingerprint density at radius 1 is 1.18 bits per heavy atom. The third kappa shape index (κ3) is 5.78. The molecule has 0 spiro atoms. The minimum absolute atomic E-state index is 0.0472. The number of amides is 1. The second kappa shape index (κ2) is 8.30. The summed E-state index contributed by atoms with van der Waals surface area (Å²) in [5, 5.41) is 13.0. The van der Waals surface area contributed by atoms with E-state index >= 15 is 0 Å². The maximum absolute atomic E-state index is 11.8. The molecule has 4 nitrogen and oxygen atoms in total. The molecule has 2 N–H and O–H groups in total. The zero-order valence-corrected chi connectivity index (χ0v) is 14.5. The Morgan fingerprint density at radius 2 is 1.73 bits per heavy atom. The molecule has 1 rings (SSSR count). The van der Waals surface area contributed by atoms with Gasteiger partial charge in [-0.05, 0) is 29.6 Å². The predicted molar refractivity (Wildman–Crippen MR) is 90.9 cm³/mol. The van der Waals surface area contributed by atoms with Gasteiger partial charge in [-0.2, -0.15) is 0 Å². The lowest BCUT2D eigenvalue weighted by Crippen LogP contribution is -2.38. The van der Waals surface area contributed by atoms with Crippen molar-refractivity contribution in [2.45, 2.75) is 46.1 Å². The molecule has 0 aliphatic carbocycles. The summed E-state index contributed by atoms with van der Waals surface area (Å²) in [6, 6.07) is 7.94. The normalized spacial score (nSPS) is 13.2. The maximum Gasteiger partial charge on any atom is 0.234 e.